The van der Waals surface area contributed by atoms with Crippen LogP contribution in [0.2, 0.25) is 0 Å². The van der Waals surface area contributed by atoms with Gasteiger partial charge in [0.1, 0.15) is 18.0 Å². The molecule has 0 bridgehead atoms. The number of ether oxygens (including phenoxy) is 3. The van der Waals surface area contributed by atoms with Crippen molar-refractivity contribution in [2.75, 3.05) is 55.4 Å². The van der Waals surface area contributed by atoms with Gasteiger partial charge in [-0.25, -0.2) is 19.7 Å². The third kappa shape index (κ3) is 4.27. The van der Waals surface area contributed by atoms with E-state index < -0.39 is 5.60 Å². The lowest BCUT2D eigenvalue weighted by Gasteiger charge is -2.39. The molecule has 1 amide bonds. The number of hydrogen-bond donors (Lipinski definition) is 3. The smallest absolute Gasteiger partial charge is 0.407 e. The molecule has 0 aliphatic carbocycles. The minimum absolute atomic E-state index is 0.348. The van der Waals surface area contributed by atoms with Crippen LogP contribution in [-0.2, 0) is 4.74 Å². The van der Waals surface area contributed by atoms with E-state index >= 15 is 0 Å². The number of rotatable bonds is 5. The van der Waals surface area contributed by atoms with Gasteiger partial charge in [0.05, 0.1) is 37.3 Å². The number of methoxy groups -OCH3 is 1. The third-order valence-electron chi connectivity index (χ3n) is 7.36. The second-order valence-corrected chi connectivity index (χ2v) is 9.95. The first kappa shape index (κ1) is 23.4. The van der Waals surface area contributed by atoms with Gasteiger partial charge in [-0.05, 0) is 31.0 Å². The largest absolute Gasteiger partial charge is 0.495 e. The second kappa shape index (κ2) is 9.22. The molecule has 3 aromatic heterocycles. The van der Waals surface area contributed by atoms with Crippen LogP contribution in [-0.4, -0.2) is 70.9 Å². The van der Waals surface area contributed by atoms with Crippen LogP contribution in [0.1, 0.15) is 12.8 Å². The fourth-order valence-electron chi connectivity index (χ4n) is 5.51. The Hall–Kier alpha value is -4.74. The summed E-state index contributed by atoms with van der Waals surface area (Å²) in [4.78, 5) is 27.8. The van der Waals surface area contributed by atoms with E-state index in [9.17, 15) is 4.79 Å². The van der Waals surface area contributed by atoms with Gasteiger partial charge in [-0.15, -0.1) is 0 Å². The van der Waals surface area contributed by atoms with Gasteiger partial charge in [0, 0.05) is 55.2 Å². The van der Waals surface area contributed by atoms with Crippen LogP contribution < -0.4 is 30.3 Å². The Balaban J connectivity index is 1.19. The van der Waals surface area contributed by atoms with Crippen molar-refractivity contribution in [3.05, 3.63) is 49.1 Å². The molecular formula is C27H28N8O4. The monoisotopic (exact) mass is 528 g/mol. The van der Waals surface area contributed by atoms with Crippen molar-refractivity contribution >= 4 is 34.6 Å². The molecule has 0 radical (unpaired) electrons. The summed E-state index contributed by atoms with van der Waals surface area (Å²) in [6.45, 7) is 3.32. The standard InChI is InChI=1S/C27H28N8O4/c1-37-22-12-18(3-4-21(22)35-8-2-5-27(16-35)15-31-26(36)39-27)32-23-24-29-6-9-34(24)14-20(33-23)17-11-19-25(30-13-17)38-10-7-28-19/h3-4,6,9,11-14,28H,2,5,7-8,10,15-16H2,1H3,(H,31,36)(H,32,33). The fraction of sp³-hybridized carbons (Fsp3) is 0.333. The van der Waals surface area contributed by atoms with Crippen LogP contribution in [0.25, 0.3) is 16.9 Å². The Morgan fingerprint density at radius 3 is 3.03 bits per heavy atom. The van der Waals surface area contributed by atoms with E-state index in [-0.39, 0.29) is 6.09 Å². The molecule has 200 valence electrons. The Kier molecular flexibility index (Phi) is 5.53. The van der Waals surface area contributed by atoms with Crippen molar-refractivity contribution in [2.45, 2.75) is 18.4 Å². The number of alkyl carbamates (subject to hydrolysis) is 1. The van der Waals surface area contributed by atoms with Crippen molar-refractivity contribution in [1.82, 2.24) is 24.7 Å². The topological polar surface area (TPSA) is 127 Å². The van der Waals surface area contributed by atoms with E-state index in [1.54, 1.807) is 19.5 Å². The number of hydrogen-bond acceptors (Lipinski definition) is 10. The number of amides is 1. The van der Waals surface area contributed by atoms with Gasteiger partial charge >= 0.3 is 6.09 Å². The second-order valence-electron chi connectivity index (χ2n) is 9.95. The van der Waals surface area contributed by atoms with Gasteiger partial charge < -0.3 is 39.5 Å². The number of anilines is 4. The fourth-order valence-corrected chi connectivity index (χ4v) is 5.51. The van der Waals surface area contributed by atoms with E-state index in [1.165, 1.54) is 0 Å². The van der Waals surface area contributed by atoms with Crippen molar-refractivity contribution in [2.24, 2.45) is 0 Å². The van der Waals surface area contributed by atoms with Crippen molar-refractivity contribution < 1.29 is 19.0 Å². The van der Waals surface area contributed by atoms with Crippen molar-refractivity contribution in [3.63, 3.8) is 0 Å². The number of aromatic nitrogens is 4. The highest BCUT2D eigenvalue weighted by Crippen LogP contribution is 2.38. The van der Waals surface area contributed by atoms with Gasteiger partial charge in [0.15, 0.2) is 11.5 Å². The quantitative estimate of drug-likeness (QED) is 0.355. The zero-order chi connectivity index (χ0) is 26.4. The molecule has 12 heteroatoms. The summed E-state index contributed by atoms with van der Waals surface area (Å²) in [5.74, 6) is 1.92. The number of imidazole rings is 1. The summed E-state index contributed by atoms with van der Waals surface area (Å²) < 4.78 is 19.0. The molecular weight excluding hydrogens is 500 g/mol. The van der Waals surface area contributed by atoms with E-state index in [0.29, 0.717) is 37.0 Å². The van der Waals surface area contributed by atoms with Crippen LogP contribution >= 0.6 is 0 Å². The average Bonchev–Trinajstić information content (AvgIpc) is 3.59. The predicted molar refractivity (Wildman–Crippen MR) is 145 cm³/mol. The average molecular weight is 529 g/mol. The maximum atomic E-state index is 11.7. The SMILES string of the molecule is COc1cc(Nc2nc(-c3cnc4c(c3)NCCO4)cn3ccnc23)ccc1N1CCCC2(CNC(=O)O2)C1. The molecule has 3 N–H and O–H groups in total. The summed E-state index contributed by atoms with van der Waals surface area (Å²) in [7, 11) is 1.66. The molecule has 4 aromatic rings. The molecule has 1 unspecified atom stereocenters. The number of nitrogens with one attached hydrogen (secondary N) is 3. The molecule has 1 atom stereocenters. The van der Waals surface area contributed by atoms with Gasteiger partial charge in [-0.1, -0.05) is 0 Å². The minimum atomic E-state index is -0.499. The molecule has 12 nitrogen and oxygen atoms in total. The summed E-state index contributed by atoms with van der Waals surface area (Å²) in [6.07, 6.45) is 8.75. The Morgan fingerprint density at radius 2 is 2.15 bits per heavy atom. The van der Waals surface area contributed by atoms with Gasteiger partial charge in [-0.3, -0.25) is 0 Å². The zero-order valence-electron chi connectivity index (χ0n) is 21.4. The highest BCUT2D eigenvalue weighted by Gasteiger charge is 2.44. The summed E-state index contributed by atoms with van der Waals surface area (Å²) in [5, 5.41) is 9.56. The lowest BCUT2D eigenvalue weighted by molar-refractivity contribution is 0.0446. The molecule has 2 saturated heterocycles. The number of piperidine rings is 1. The van der Waals surface area contributed by atoms with E-state index in [0.717, 1.165) is 60.0 Å². The molecule has 2 fully saturated rings. The molecule has 3 aliphatic rings. The van der Waals surface area contributed by atoms with E-state index in [4.69, 9.17) is 19.2 Å². The maximum absolute atomic E-state index is 11.7. The van der Waals surface area contributed by atoms with Gasteiger partial charge in [0.2, 0.25) is 5.88 Å². The number of pyridine rings is 1. The van der Waals surface area contributed by atoms with Gasteiger partial charge in [-0.2, -0.15) is 0 Å². The number of carbonyl (C=O) groups is 1. The number of carbonyl (C=O) groups excluding carboxylic acids is 1. The number of nitrogens with zero attached hydrogens (tertiary/aromatic N) is 5. The number of fused-ring (bicyclic) bond motifs is 2. The minimum Gasteiger partial charge on any atom is -0.495 e. The van der Waals surface area contributed by atoms with Crippen LogP contribution in [0, 0.1) is 0 Å². The maximum Gasteiger partial charge on any atom is 0.407 e. The Labute approximate surface area is 224 Å². The molecule has 1 spiro atoms. The summed E-state index contributed by atoms with van der Waals surface area (Å²) in [5.41, 5.74) is 4.41. The summed E-state index contributed by atoms with van der Waals surface area (Å²) in [6, 6.07) is 7.96. The van der Waals surface area contributed by atoms with E-state index in [2.05, 4.69) is 30.8 Å². The molecule has 6 heterocycles. The highest BCUT2D eigenvalue weighted by molar-refractivity contribution is 5.77. The molecule has 1 aromatic carbocycles. The Bertz CT molecular complexity index is 1570. The third-order valence-corrected chi connectivity index (χ3v) is 7.36. The molecule has 0 saturated carbocycles. The van der Waals surface area contributed by atoms with Crippen LogP contribution in [0.3, 0.4) is 0 Å². The first-order chi connectivity index (χ1) is 19.1. The van der Waals surface area contributed by atoms with Crippen molar-refractivity contribution in [3.8, 4) is 22.9 Å². The first-order valence-corrected chi connectivity index (χ1v) is 13.0. The normalized spacial score (nSPS) is 20.1. The van der Waals surface area contributed by atoms with E-state index in [1.807, 2.05) is 41.1 Å². The predicted octanol–water partition coefficient (Wildman–Crippen LogP) is 3.43. The first-order valence-electron chi connectivity index (χ1n) is 13.0. The molecule has 7 rings (SSSR count). The van der Waals surface area contributed by atoms with Crippen LogP contribution in [0.15, 0.2) is 49.1 Å². The molecule has 3 aliphatic heterocycles. The lowest BCUT2D eigenvalue weighted by Crippen LogP contribution is -2.50. The van der Waals surface area contributed by atoms with Crippen molar-refractivity contribution in [1.29, 1.82) is 0 Å². The lowest BCUT2D eigenvalue weighted by atomic mass is 9.92. The van der Waals surface area contributed by atoms with Gasteiger partial charge in [0.25, 0.3) is 0 Å². The van der Waals surface area contributed by atoms with Crippen LogP contribution in [0.5, 0.6) is 11.6 Å². The highest BCUT2D eigenvalue weighted by atomic mass is 16.6. The summed E-state index contributed by atoms with van der Waals surface area (Å²) >= 11 is 0. The Morgan fingerprint density at radius 1 is 1.21 bits per heavy atom. The number of benzene rings is 1. The van der Waals surface area contributed by atoms with Crippen LogP contribution in [0.4, 0.5) is 27.7 Å². The zero-order valence-corrected chi connectivity index (χ0v) is 21.4. The molecule has 39 heavy (non-hydrogen) atoms.